The Kier molecular flexibility index (Phi) is 6.02. The fraction of sp³-hybridized carbons (Fsp3) is 0.375. The van der Waals surface area contributed by atoms with Crippen molar-refractivity contribution in [1.29, 1.82) is 0 Å². The van der Waals surface area contributed by atoms with E-state index in [4.69, 9.17) is 27.9 Å². The van der Waals surface area contributed by atoms with Crippen LogP contribution in [0.3, 0.4) is 0 Å². The molecular weight excluding hydrogens is 342 g/mol. The Balaban J connectivity index is 2.26. The van der Waals surface area contributed by atoms with E-state index in [-0.39, 0.29) is 6.54 Å². The van der Waals surface area contributed by atoms with Crippen molar-refractivity contribution in [2.45, 2.75) is 32.7 Å². The lowest BCUT2D eigenvalue weighted by Gasteiger charge is -2.22. The average molecular weight is 359 g/mol. The first-order chi connectivity index (χ1) is 10.9. The molecule has 0 aliphatic rings. The summed E-state index contributed by atoms with van der Waals surface area (Å²) in [4.78, 5) is 15.9. The van der Waals surface area contributed by atoms with Gasteiger partial charge in [-0.1, -0.05) is 43.1 Å². The number of aromatic nitrogens is 2. The molecule has 0 amide bonds. The van der Waals surface area contributed by atoms with Crippen LogP contribution >= 0.6 is 23.2 Å². The van der Waals surface area contributed by atoms with Crippen molar-refractivity contribution in [1.82, 2.24) is 9.55 Å². The highest BCUT2D eigenvalue weighted by atomic mass is 35.5. The number of rotatable bonds is 6. The van der Waals surface area contributed by atoms with Gasteiger partial charge in [0.2, 0.25) is 0 Å². The fourth-order valence-corrected chi connectivity index (χ4v) is 2.56. The summed E-state index contributed by atoms with van der Waals surface area (Å²) in [7, 11) is 0. The summed E-state index contributed by atoms with van der Waals surface area (Å²) in [6, 6.07) is 4.87. The van der Waals surface area contributed by atoms with E-state index < -0.39 is 24.2 Å². The number of halogens is 3. The molecule has 0 saturated heterocycles. The van der Waals surface area contributed by atoms with E-state index in [1.54, 1.807) is 55.3 Å². The van der Waals surface area contributed by atoms with E-state index >= 15 is 0 Å². The Morgan fingerprint density at radius 1 is 1.39 bits per heavy atom. The van der Waals surface area contributed by atoms with Crippen molar-refractivity contribution in [3.63, 3.8) is 0 Å². The molecule has 0 saturated carbocycles. The Bertz CT molecular complexity index is 662. The molecule has 0 bridgehead atoms. The number of hydrogen-bond acceptors (Lipinski definition) is 3. The first kappa shape index (κ1) is 17.8. The van der Waals surface area contributed by atoms with Crippen LogP contribution in [0.5, 0.6) is 0 Å². The number of ether oxygens (including phenoxy) is 1. The van der Waals surface area contributed by atoms with Crippen LogP contribution in [-0.4, -0.2) is 21.7 Å². The number of hydrogen-bond donors (Lipinski definition) is 0. The second kappa shape index (κ2) is 7.79. The molecule has 0 radical (unpaired) electrons. The van der Waals surface area contributed by atoms with Gasteiger partial charge in [-0.2, -0.15) is 0 Å². The monoisotopic (exact) mass is 358 g/mol. The van der Waals surface area contributed by atoms with Gasteiger partial charge in [0.25, 0.3) is 0 Å². The van der Waals surface area contributed by atoms with Gasteiger partial charge in [-0.25, -0.2) is 14.2 Å². The molecule has 0 spiro atoms. The topological polar surface area (TPSA) is 44.1 Å². The predicted molar refractivity (Wildman–Crippen MR) is 87.3 cm³/mol. The minimum absolute atomic E-state index is 0.276. The van der Waals surface area contributed by atoms with Crippen LogP contribution in [0.15, 0.2) is 36.9 Å². The number of nitrogens with zero attached hydrogens (tertiary/aromatic N) is 2. The predicted octanol–water partition coefficient (Wildman–Crippen LogP) is 4.47. The summed E-state index contributed by atoms with van der Waals surface area (Å²) in [6.07, 6.45) is 2.49. The second-order valence-corrected chi connectivity index (χ2v) is 6.34. The Morgan fingerprint density at radius 2 is 2.13 bits per heavy atom. The van der Waals surface area contributed by atoms with Crippen molar-refractivity contribution < 1.29 is 13.9 Å². The minimum Gasteiger partial charge on any atom is -0.453 e. The molecule has 2 rings (SSSR count). The highest BCUT2D eigenvalue weighted by Gasteiger charge is 2.28. The van der Waals surface area contributed by atoms with Gasteiger partial charge in [0.1, 0.15) is 6.10 Å². The number of imidazole rings is 1. The molecule has 2 unspecified atom stereocenters. The van der Waals surface area contributed by atoms with Gasteiger partial charge in [0.15, 0.2) is 6.17 Å². The molecular formula is C16H17Cl2FN2O2. The molecule has 4 nitrogen and oxygen atoms in total. The zero-order valence-corrected chi connectivity index (χ0v) is 14.3. The molecule has 7 heteroatoms. The van der Waals surface area contributed by atoms with E-state index in [0.29, 0.717) is 15.6 Å². The van der Waals surface area contributed by atoms with Gasteiger partial charge in [-0.15, -0.1) is 0 Å². The first-order valence-corrected chi connectivity index (χ1v) is 7.89. The van der Waals surface area contributed by atoms with Crippen molar-refractivity contribution in [3.05, 3.63) is 52.5 Å². The lowest BCUT2D eigenvalue weighted by Crippen LogP contribution is -2.27. The van der Waals surface area contributed by atoms with Crippen LogP contribution in [0.2, 0.25) is 10.0 Å². The van der Waals surface area contributed by atoms with Crippen LogP contribution in [0.4, 0.5) is 4.39 Å². The molecule has 0 N–H and O–H groups in total. The van der Waals surface area contributed by atoms with E-state index in [0.717, 1.165) is 0 Å². The van der Waals surface area contributed by atoms with Crippen molar-refractivity contribution in [3.8, 4) is 0 Å². The third-order valence-corrected chi connectivity index (χ3v) is 3.88. The Hall–Kier alpha value is -1.59. The van der Waals surface area contributed by atoms with Gasteiger partial charge in [0.05, 0.1) is 12.9 Å². The molecule has 0 fully saturated rings. The van der Waals surface area contributed by atoms with Gasteiger partial charge < -0.3 is 9.30 Å². The highest BCUT2D eigenvalue weighted by Crippen LogP contribution is 2.30. The molecule has 1 aromatic heterocycles. The maximum absolute atomic E-state index is 13.9. The molecule has 0 aliphatic heterocycles. The maximum atomic E-state index is 13.9. The molecule has 0 aliphatic carbocycles. The molecule has 2 atom stereocenters. The van der Waals surface area contributed by atoms with Crippen LogP contribution in [-0.2, 0) is 16.1 Å². The van der Waals surface area contributed by atoms with E-state index in [9.17, 15) is 9.18 Å². The first-order valence-electron chi connectivity index (χ1n) is 7.13. The third-order valence-electron chi connectivity index (χ3n) is 3.31. The summed E-state index contributed by atoms with van der Waals surface area (Å²) in [5.74, 6) is -1.37. The maximum Gasteiger partial charge on any atom is 0.341 e. The molecule has 2 aromatic rings. The van der Waals surface area contributed by atoms with E-state index in [1.165, 1.54) is 0 Å². The summed E-state index contributed by atoms with van der Waals surface area (Å²) < 4.78 is 21.0. The van der Waals surface area contributed by atoms with Gasteiger partial charge in [-0.3, -0.25) is 0 Å². The third kappa shape index (κ3) is 4.69. The molecule has 23 heavy (non-hydrogen) atoms. The second-order valence-electron chi connectivity index (χ2n) is 5.50. The zero-order valence-electron chi connectivity index (χ0n) is 12.7. The number of alkyl halides is 1. The standard InChI is InChI=1S/C16H17Cl2FN2O2/c1-10(2)15(19)16(22)23-14(8-21-6-5-20-9-21)12-4-3-11(17)7-13(12)18/h3-7,9-10,14-15H,8H2,1-2H3. The number of benzene rings is 1. The van der Waals surface area contributed by atoms with Crippen LogP contribution in [0.25, 0.3) is 0 Å². The zero-order chi connectivity index (χ0) is 17.0. The smallest absolute Gasteiger partial charge is 0.341 e. The normalized spacial score (nSPS) is 13.8. The van der Waals surface area contributed by atoms with E-state index in [2.05, 4.69) is 4.98 Å². The molecule has 124 valence electrons. The van der Waals surface area contributed by atoms with Gasteiger partial charge in [-0.05, 0) is 18.1 Å². The fourth-order valence-electron chi connectivity index (χ4n) is 2.03. The highest BCUT2D eigenvalue weighted by molar-refractivity contribution is 6.35. The number of carbonyl (C=O) groups is 1. The lowest BCUT2D eigenvalue weighted by molar-refractivity contribution is -0.158. The van der Waals surface area contributed by atoms with Crippen LogP contribution in [0.1, 0.15) is 25.5 Å². The quantitative estimate of drug-likeness (QED) is 0.715. The SMILES string of the molecule is CC(C)C(F)C(=O)OC(Cn1ccnc1)c1ccc(Cl)cc1Cl. The van der Waals surface area contributed by atoms with Crippen molar-refractivity contribution in [2.75, 3.05) is 0 Å². The summed E-state index contributed by atoms with van der Waals surface area (Å²) in [6.45, 7) is 3.51. The van der Waals surface area contributed by atoms with Gasteiger partial charge >= 0.3 is 5.97 Å². The summed E-state index contributed by atoms with van der Waals surface area (Å²) in [5.41, 5.74) is 0.564. The van der Waals surface area contributed by atoms with Crippen LogP contribution in [0, 0.1) is 5.92 Å². The van der Waals surface area contributed by atoms with Crippen LogP contribution < -0.4 is 0 Å². The van der Waals surface area contributed by atoms with Crippen molar-refractivity contribution >= 4 is 29.2 Å². The Morgan fingerprint density at radius 3 is 2.70 bits per heavy atom. The van der Waals surface area contributed by atoms with Crippen molar-refractivity contribution in [2.24, 2.45) is 5.92 Å². The largest absolute Gasteiger partial charge is 0.453 e. The average Bonchev–Trinajstić information content (AvgIpc) is 2.98. The minimum atomic E-state index is -1.69. The van der Waals surface area contributed by atoms with Gasteiger partial charge in [0, 0.05) is 28.0 Å². The number of esters is 1. The van der Waals surface area contributed by atoms with E-state index in [1.807, 2.05) is 0 Å². The molecule has 1 aromatic carbocycles. The lowest BCUT2D eigenvalue weighted by atomic mass is 10.1. The molecule has 1 heterocycles. The Labute approximate surface area is 144 Å². The summed E-state index contributed by atoms with van der Waals surface area (Å²) in [5, 5.41) is 0.826. The number of carbonyl (C=O) groups excluding carboxylic acids is 1. The summed E-state index contributed by atoms with van der Waals surface area (Å²) >= 11 is 12.1.